The van der Waals surface area contributed by atoms with E-state index < -0.39 is 0 Å². The van der Waals surface area contributed by atoms with Crippen LogP contribution in [0.25, 0.3) is 5.69 Å². The molecular formula is C23H25N3O4. The summed E-state index contributed by atoms with van der Waals surface area (Å²) in [7, 11) is 4.63. The first kappa shape index (κ1) is 21.0. The normalized spacial score (nSPS) is 10.8. The largest absolute Gasteiger partial charge is 0.493 e. The van der Waals surface area contributed by atoms with Crippen LogP contribution in [0.4, 0.5) is 0 Å². The summed E-state index contributed by atoms with van der Waals surface area (Å²) in [6.45, 7) is 3.88. The molecule has 0 unspecified atom stereocenters. The minimum atomic E-state index is -0.283. The first-order chi connectivity index (χ1) is 14.5. The fourth-order valence-corrected chi connectivity index (χ4v) is 3.37. The lowest BCUT2D eigenvalue weighted by Gasteiger charge is -2.12. The number of hydrazone groups is 1. The summed E-state index contributed by atoms with van der Waals surface area (Å²) < 4.78 is 18.0. The minimum Gasteiger partial charge on any atom is -0.493 e. The van der Waals surface area contributed by atoms with Crippen molar-refractivity contribution in [1.29, 1.82) is 0 Å². The van der Waals surface area contributed by atoms with Crippen molar-refractivity contribution in [2.24, 2.45) is 5.10 Å². The number of rotatable bonds is 7. The van der Waals surface area contributed by atoms with Crippen LogP contribution in [0.15, 0.2) is 53.6 Å². The number of aryl methyl sites for hydroxylation is 1. The van der Waals surface area contributed by atoms with Crippen LogP contribution in [-0.2, 0) is 0 Å². The lowest BCUT2D eigenvalue weighted by atomic mass is 10.2. The Hall–Kier alpha value is -3.74. The maximum atomic E-state index is 12.7. The third kappa shape index (κ3) is 4.15. The minimum absolute atomic E-state index is 0.283. The zero-order valence-corrected chi connectivity index (χ0v) is 17.7. The van der Waals surface area contributed by atoms with Gasteiger partial charge in [-0.3, -0.25) is 4.79 Å². The first-order valence-corrected chi connectivity index (χ1v) is 9.38. The van der Waals surface area contributed by atoms with E-state index in [-0.39, 0.29) is 5.91 Å². The van der Waals surface area contributed by atoms with E-state index in [1.54, 1.807) is 33.5 Å². The summed E-state index contributed by atoms with van der Waals surface area (Å²) in [5.41, 5.74) is 6.67. The van der Waals surface area contributed by atoms with Crippen molar-refractivity contribution in [3.8, 4) is 22.9 Å². The molecule has 1 amide bonds. The van der Waals surface area contributed by atoms with Crippen LogP contribution < -0.4 is 19.6 Å². The average molecular weight is 407 g/mol. The van der Waals surface area contributed by atoms with Gasteiger partial charge in [0, 0.05) is 22.6 Å². The SMILES string of the molecule is COc1cc(/C=N/NC(=O)c2cc(C)n(-c3ccccc3)c2C)cc(OC)c1OC. The maximum absolute atomic E-state index is 12.7. The highest BCUT2D eigenvalue weighted by Gasteiger charge is 2.16. The second-order valence-electron chi connectivity index (χ2n) is 6.61. The van der Waals surface area contributed by atoms with Crippen molar-refractivity contribution < 1.29 is 19.0 Å². The summed E-state index contributed by atoms with van der Waals surface area (Å²) in [4.78, 5) is 12.7. The molecule has 0 aliphatic rings. The van der Waals surface area contributed by atoms with E-state index in [2.05, 4.69) is 10.5 Å². The van der Waals surface area contributed by atoms with Gasteiger partial charge in [-0.25, -0.2) is 5.43 Å². The fourth-order valence-electron chi connectivity index (χ4n) is 3.37. The molecule has 7 heteroatoms. The quantitative estimate of drug-likeness (QED) is 0.476. The Kier molecular flexibility index (Phi) is 6.41. The van der Waals surface area contributed by atoms with E-state index in [4.69, 9.17) is 14.2 Å². The number of aromatic nitrogens is 1. The van der Waals surface area contributed by atoms with Crippen molar-refractivity contribution in [3.05, 3.63) is 71.0 Å². The molecule has 0 saturated carbocycles. The molecule has 0 aliphatic carbocycles. The van der Waals surface area contributed by atoms with Crippen LogP contribution >= 0.6 is 0 Å². The van der Waals surface area contributed by atoms with Gasteiger partial charge in [-0.1, -0.05) is 18.2 Å². The first-order valence-electron chi connectivity index (χ1n) is 9.38. The average Bonchev–Trinajstić information content (AvgIpc) is 3.07. The van der Waals surface area contributed by atoms with Gasteiger partial charge >= 0.3 is 0 Å². The van der Waals surface area contributed by atoms with Crippen molar-refractivity contribution in [1.82, 2.24) is 9.99 Å². The second-order valence-corrected chi connectivity index (χ2v) is 6.61. The number of nitrogens with zero attached hydrogens (tertiary/aromatic N) is 2. The number of hydrogen-bond donors (Lipinski definition) is 1. The number of benzene rings is 2. The molecule has 1 heterocycles. The Morgan fingerprint density at radius 2 is 1.60 bits per heavy atom. The van der Waals surface area contributed by atoms with Crippen LogP contribution in [0, 0.1) is 13.8 Å². The molecule has 0 bridgehead atoms. The van der Waals surface area contributed by atoms with Gasteiger partial charge in [-0.05, 0) is 44.2 Å². The Bertz CT molecular complexity index is 1050. The Morgan fingerprint density at radius 3 is 2.17 bits per heavy atom. The highest BCUT2D eigenvalue weighted by atomic mass is 16.5. The van der Waals surface area contributed by atoms with Gasteiger partial charge in [0.2, 0.25) is 5.75 Å². The number of nitrogens with one attached hydrogen (secondary N) is 1. The van der Waals surface area contributed by atoms with E-state index in [0.717, 1.165) is 17.1 Å². The number of carbonyl (C=O) groups is 1. The monoisotopic (exact) mass is 407 g/mol. The highest BCUT2D eigenvalue weighted by molar-refractivity contribution is 5.96. The highest BCUT2D eigenvalue weighted by Crippen LogP contribution is 2.37. The molecule has 0 spiro atoms. The van der Waals surface area contributed by atoms with Gasteiger partial charge in [0.05, 0.1) is 33.1 Å². The molecule has 0 atom stereocenters. The Labute approximate surface area is 175 Å². The molecule has 0 saturated heterocycles. The zero-order chi connectivity index (χ0) is 21.7. The van der Waals surface area contributed by atoms with Crippen molar-refractivity contribution in [2.75, 3.05) is 21.3 Å². The number of amides is 1. The number of carbonyl (C=O) groups excluding carboxylic acids is 1. The van der Waals surface area contributed by atoms with E-state index in [1.807, 2.05) is 54.8 Å². The smallest absolute Gasteiger partial charge is 0.273 e. The summed E-state index contributed by atoms with van der Waals surface area (Å²) in [5, 5.41) is 4.09. The summed E-state index contributed by atoms with van der Waals surface area (Å²) in [6, 6.07) is 15.3. The van der Waals surface area contributed by atoms with Crippen LogP contribution in [0.1, 0.15) is 27.3 Å². The predicted molar refractivity (Wildman–Crippen MR) is 116 cm³/mol. The molecule has 2 aromatic carbocycles. The van der Waals surface area contributed by atoms with Gasteiger partial charge in [0.15, 0.2) is 11.5 Å². The number of methoxy groups -OCH3 is 3. The molecule has 1 N–H and O–H groups in total. The molecular weight excluding hydrogens is 382 g/mol. The van der Waals surface area contributed by atoms with Crippen LogP contribution in [-0.4, -0.2) is 38.0 Å². The summed E-state index contributed by atoms with van der Waals surface area (Å²) >= 11 is 0. The maximum Gasteiger partial charge on any atom is 0.273 e. The lowest BCUT2D eigenvalue weighted by molar-refractivity contribution is 0.0954. The Morgan fingerprint density at radius 1 is 0.967 bits per heavy atom. The van der Waals surface area contributed by atoms with E-state index in [1.165, 1.54) is 6.21 Å². The number of para-hydroxylation sites is 1. The van der Waals surface area contributed by atoms with Crippen molar-refractivity contribution in [2.45, 2.75) is 13.8 Å². The molecule has 30 heavy (non-hydrogen) atoms. The lowest BCUT2D eigenvalue weighted by Crippen LogP contribution is -2.18. The molecule has 3 aromatic rings. The van der Waals surface area contributed by atoms with Gasteiger partial charge in [0.25, 0.3) is 5.91 Å². The molecule has 7 nitrogen and oxygen atoms in total. The zero-order valence-electron chi connectivity index (χ0n) is 17.7. The number of hydrogen-bond acceptors (Lipinski definition) is 5. The molecule has 0 radical (unpaired) electrons. The Balaban J connectivity index is 1.81. The third-order valence-corrected chi connectivity index (χ3v) is 4.76. The predicted octanol–water partition coefficient (Wildman–Crippen LogP) is 3.88. The molecule has 0 aliphatic heterocycles. The number of ether oxygens (including phenoxy) is 3. The van der Waals surface area contributed by atoms with Crippen LogP contribution in [0.5, 0.6) is 17.2 Å². The van der Waals surface area contributed by atoms with E-state index in [9.17, 15) is 4.79 Å². The van der Waals surface area contributed by atoms with Crippen molar-refractivity contribution >= 4 is 12.1 Å². The van der Waals surface area contributed by atoms with Gasteiger partial charge in [-0.2, -0.15) is 5.10 Å². The summed E-state index contributed by atoms with van der Waals surface area (Å²) in [6.07, 6.45) is 1.53. The molecule has 3 rings (SSSR count). The topological polar surface area (TPSA) is 74.1 Å². The van der Waals surface area contributed by atoms with E-state index in [0.29, 0.717) is 28.4 Å². The van der Waals surface area contributed by atoms with Crippen LogP contribution in [0.2, 0.25) is 0 Å². The molecule has 1 aromatic heterocycles. The molecule has 0 fully saturated rings. The second kappa shape index (κ2) is 9.17. The van der Waals surface area contributed by atoms with Gasteiger partial charge < -0.3 is 18.8 Å². The van der Waals surface area contributed by atoms with Crippen LogP contribution in [0.3, 0.4) is 0 Å². The summed E-state index contributed by atoms with van der Waals surface area (Å²) in [5.74, 6) is 1.23. The third-order valence-electron chi connectivity index (χ3n) is 4.76. The van der Waals surface area contributed by atoms with Gasteiger partial charge in [-0.15, -0.1) is 0 Å². The van der Waals surface area contributed by atoms with Crippen molar-refractivity contribution in [3.63, 3.8) is 0 Å². The standard InChI is InChI=1S/C23H25N3O4/c1-15-11-19(16(2)26(15)18-9-7-6-8-10-18)23(27)25-24-14-17-12-20(28-3)22(30-5)21(13-17)29-4/h6-14H,1-5H3,(H,25,27)/b24-14+. The fraction of sp³-hybridized carbons (Fsp3) is 0.217. The molecule has 156 valence electrons. The van der Waals surface area contributed by atoms with Gasteiger partial charge in [0.1, 0.15) is 0 Å². The van der Waals surface area contributed by atoms with E-state index >= 15 is 0 Å².